The van der Waals surface area contributed by atoms with Crippen LogP contribution in [0.1, 0.15) is 19.3 Å². The molecule has 1 atom stereocenters. The van der Waals surface area contributed by atoms with Crippen LogP contribution in [0.2, 0.25) is 0 Å². The first-order valence-electron chi connectivity index (χ1n) is 6.21. The van der Waals surface area contributed by atoms with Gasteiger partial charge in [-0.05, 0) is 19.4 Å². The number of unbranched alkanes of at least 4 members (excludes halogenated alkanes) is 1. The van der Waals surface area contributed by atoms with Crippen LogP contribution in [-0.4, -0.2) is 60.7 Å². The van der Waals surface area contributed by atoms with Gasteiger partial charge in [-0.25, -0.2) is 4.84 Å². The van der Waals surface area contributed by atoms with Gasteiger partial charge in [0.15, 0.2) is 0 Å². The third-order valence-electron chi connectivity index (χ3n) is 2.28. The Morgan fingerprint density at radius 1 is 1.26 bits per heavy atom. The highest BCUT2D eigenvalue weighted by atomic mass is 17.1. The summed E-state index contributed by atoms with van der Waals surface area (Å²) in [6.45, 7) is 1.69. The smallest absolute Gasteiger partial charge is 0.322 e. The lowest BCUT2D eigenvalue weighted by Gasteiger charge is -2.11. The highest BCUT2D eigenvalue weighted by Gasteiger charge is 2.13. The van der Waals surface area contributed by atoms with Gasteiger partial charge in [-0.2, -0.15) is 0 Å². The molecule has 9 nitrogen and oxygen atoms in total. The second-order valence-electron chi connectivity index (χ2n) is 3.89. The number of rotatable bonds is 12. The lowest BCUT2D eigenvalue weighted by Crippen LogP contribution is -2.34. The first kappa shape index (κ1) is 18.2. The highest BCUT2D eigenvalue weighted by Crippen LogP contribution is 1.99. The van der Waals surface area contributed by atoms with Crippen molar-refractivity contribution in [3.05, 3.63) is 0 Å². The van der Waals surface area contributed by atoms with Gasteiger partial charge in [0, 0.05) is 13.1 Å². The second-order valence-corrected chi connectivity index (χ2v) is 3.89. The summed E-state index contributed by atoms with van der Waals surface area (Å²) < 4.78 is 4.95. The number of nitrogens with one attached hydrogen (secondary N) is 1. The summed E-state index contributed by atoms with van der Waals surface area (Å²) in [7, 11) is 0. The van der Waals surface area contributed by atoms with E-state index in [-0.39, 0.29) is 18.6 Å². The van der Waals surface area contributed by atoms with Crippen molar-refractivity contribution in [1.29, 1.82) is 0 Å². The maximum Gasteiger partial charge on any atom is 0.322 e. The van der Waals surface area contributed by atoms with E-state index in [1.165, 1.54) is 0 Å². The molecular formula is C10H24N4O5. The van der Waals surface area contributed by atoms with Gasteiger partial charge in [-0.1, -0.05) is 6.42 Å². The van der Waals surface area contributed by atoms with Gasteiger partial charge in [0.1, 0.15) is 12.6 Å². The molecule has 0 fully saturated rings. The Bertz CT molecular complexity index is 230. The fourth-order valence-electron chi connectivity index (χ4n) is 1.28. The zero-order valence-electron chi connectivity index (χ0n) is 11.0. The molecule has 0 heterocycles. The standard InChI is InChI=1S/C10H24N4O5/c11-4-2-1-3-9(12)10(15)18-7-5-13-6-8-19-14(16)17/h9,13,16-17H,1-8,11-12H2. The predicted molar refractivity (Wildman–Crippen MR) is 66.1 cm³/mol. The molecule has 0 radical (unpaired) electrons. The summed E-state index contributed by atoms with van der Waals surface area (Å²) in [5, 5.41) is 19.0. The van der Waals surface area contributed by atoms with Crippen LogP contribution in [0, 0.1) is 0 Å². The molecule has 0 aliphatic rings. The molecule has 0 aromatic heterocycles. The van der Waals surface area contributed by atoms with Crippen LogP contribution in [0.4, 0.5) is 0 Å². The molecule has 0 saturated heterocycles. The number of nitrogens with zero attached hydrogens (tertiary/aromatic N) is 1. The normalized spacial score (nSPS) is 12.7. The number of ether oxygens (including phenoxy) is 1. The van der Waals surface area contributed by atoms with Crippen molar-refractivity contribution < 1.29 is 24.8 Å². The lowest BCUT2D eigenvalue weighted by atomic mass is 10.1. The molecular weight excluding hydrogens is 256 g/mol. The molecule has 9 heteroatoms. The highest BCUT2D eigenvalue weighted by molar-refractivity contribution is 5.75. The average molecular weight is 280 g/mol. The molecule has 0 saturated carbocycles. The van der Waals surface area contributed by atoms with Crippen LogP contribution in [0.3, 0.4) is 0 Å². The van der Waals surface area contributed by atoms with Crippen molar-refractivity contribution in [1.82, 2.24) is 10.7 Å². The van der Waals surface area contributed by atoms with E-state index in [0.717, 1.165) is 12.8 Å². The lowest BCUT2D eigenvalue weighted by molar-refractivity contribution is -0.491. The topological polar surface area (TPSA) is 143 Å². The number of hydrogen-bond acceptors (Lipinski definition) is 9. The Hall–Kier alpha value is -0.810. The van der Waals surface area contributed by atoms with E-state index in [2.05, 4.69) is 10.2 Å². The Morgan fingerprint density at radius 2 is 1.95 bits per heavy atom. The minimum atomic E-state index is -0.604. The van der Waals surface area contributed by atoms with Gasteiger partial charge in [-0.15, -0.1) is 0 Å². The minimum Gasteiger partial charge on any atom is -0.463 e. The van der Waals surface area contributed by atoms with Crippen molar-refractivity contribution in [2.24, 2.45) is 11.5 Å². The summed E-state index contributed by atoms with van der Waals surface area (Å²) in [5.74, 6) is -0.424. The van der Waals surface area contributed by atoms with E-state index in [9.17, 15) is 4.79 Å². The molecule has 0 amide bonds. The Balaban J connectivity index is 3.37. The SMILES string of the molecule is NCCCCC(N)C(=O)OCCNCCON(O)O. The van der Waals surface area contributed by atoms with Crippen LogP contribution < -0.4 is 16.8 Å². The van der Waals surface area contributed by atoms with E-state index < -0.39 is 12.0 Å². The third kappa shape index (κ3) is 12.0. The van der Waals surface area contributed by atoms with Gasteiger partial charge >= 0.3 is 5.97 Å². The van der Waals surface area contributed by atoms with Crippen molar-refractivity contribution in [3.8, 4) is 0 Å². The van der Waals surface area contributed by atoms with E-state index in [0.29, 0.717) is 26.1 Å². The molecule has 19 heavy (non-hydrogen) atoms. The number of carbonyl (C=O) groups is 1. The predicted octanol–water partition coefficient (Wildman–Crippen LogP) is -1.41. The van der Waals surface area contributed by atoms with E-state index in [4.69, 9.17) is 26.6 Å². The molecule has 0 aliphatic heterocycles. The maximum atomic E-state index is 11.4. The van der Waals surface area contributed by atoms with Crippen LogP contribution in [0.15, 0.2) is 0 Å². The van der Waals surface area contributed by atoms with Gasteiger partial charge < -0.3 is 21.5 Å². The van der Waals surface area contributed by atoms with Gasteiger partial charge in [-0.3, -0.25) is 15.2 Å². The summed E-state index contributed by atoms with van der Waals surface area (Å²) in [6.07, 6.45) is 2.22. The minimum absolute atomic E-state index is 0.0829. The van der Waals surface area contributed by atoms with Crippen LogP contribution in [0.5, 0.6) is 0 Å². The zero-order valence-corrected chi connectivity index (χ0v) is 11.0. The number of hydrogen-bond donors (Lipinski definition) is 5. The van der Waals surface area contributed by atoms with Crippen LogP contribution >= 0.6 is 0 Å². The largest absolute Gasteiger partial charge is 0.463 e. The summed E-state index contributed by atoms with van der Waals surface area (Å²) in [6, 6.07) is -0.604. The Morgan fingerprint density at radius 3 is 2.58 bits per heavy atom. The Kier molecular flexibility index (Phi) is 11.7. The fourth-order valence-corrected chi connectivity index (χ4v) is 1.28. The summed E-state index contributed by atoms with van der Waals surface area (Å²) >= 11 is 0. The average Bonchev–Trinajstić information content (AvgIpc) is 2.37. The van der Waals surface area contributed by atoms with Gasteiger partial charge in [0.05, 0.1) is 12.0 Å². The van der Waals surface area contributed by atoms with Crippen molar-refractivity contribution >= 4 is 5.97 Å². The second kappa shape index (κ2) is 12.2. The Labute approximate surface area is 112 Å². The van der Waals surface area contributed by atoms with Crippen molar-refractivity contribution in [2.75, 3.05) is 32.8 Å². The molecule has 114 valence electrons. The van der Waals surface area contributed by atoms with Gasteiger partial charge in [0.2, 0.25) is 0 Å². The van der Waals surface area contributed by atoms with Gasteiger partial charge in [0.25, 0.3) is 0 Å². The molecule has 1 unspecified atom stereocenters. The maximum absolute atomic E-state index is 11.4. The monoisotopic (exact) mass is 280 g/mol. The van der Waals surface area contributed by atoms with Crippen LogP contribution in [-0.2, 0) is 14.4 Å². The van der Waals surface area contributed by atoms with E-state index >= 15 is 0 Å². The van der Waals surface area contributed by atoms with Crippen molar-refractivity contribution in [2.45, 2.75) is 25.3 Å². The molecule has 0 bridgehead atoms. The molecule has 0 rings (SSSR count). The van der Waals surface area contributed by atoms with Crippen LogP contribution in [0.25, 0.3) is 0 Å². The van der Waals surface area contributed by atoms with E-state index in [1.54, 1.807) is 0 Å². The molecule has 0 aromatic carbocycles. The first-order valence-corrected chi connectivity index (χ1v) is 6.21. The molecule has 0 spiro atoms. The number of carbonyl (C=O) groups excluding carboxylic acids is 1. The quantitative estimate of drug-likeness (QED) is 0.165. The van der Waals surface area contributed by atoms with E-state index in [1.807, 2.05) is 0 Å². The van der Waals surface area contributed by atoms with Crippen molar-refractivity contribution in [3.63, 3.8) is 0 Å². The summed E-state index contributed by atoms with van der Waals surface area (Å²) in [4.78, 5) is 15.7. The number of esters is 1. The molecule has 0 aliphatic carbocycles. The fraction of sp³-hybridized carbons (Fsp3) is 0.900. The molecule has 0 aromatic rings. The summed E-state index contributed by atoms with van der Waals surface area (Å²) in [5.41, 5.74) is 11.0. The number of nitrogens with two attached hydrogens (primary N) is 2. The zero-order chi connectivity index (χ0) is 14.5. The molecule has 7 N–H and O–H groups in total. The third-order valence-corrected chi connectivity index (χ3v) is 2.28. The first-order chi connectivity index (χ1) is 9.07.